The van der Waals surface area contributed by atoms with Gasteiger partial charge in [0.25, 0.3) is 0 Å². The van der Waals surface area contributed by atoms with E-state index in [-0.39, 0.29) is 5.56 Å². The van der Waals surface area contributed by atoms with E-state index in [4.69, 9.17) is 5.11 Å². The number of para-hydroxylation sites is 1. The van der Waals surface area contributed by atoms with E-state index in [9.17, 15) is 4.79 Å². The number of rotatable bonds is 5. The number of aromatic nitrogens is 3. The second-order valence-electron chi connectivity index (χ2n) is 3.90. The summed E-state index contributed by atoms with van der Waals surface area (Å²) in [5, 5.41) is 19.8. The molecule has 1 heterocycles. The number of carbonyl (C=O) groups is 1. The molecule has 94 valence electrons. The zero-order chi connectivity index (χ0) is 13.0. The number of hydrogen-bond donors (Lipinski definition) is 2. The molecule has 6 nitrogen and oxygen atoms in total. The number of benzene rings is 1. The van der Waals surface area contributed by atoms with Crippen LogP contribution in [-0.2, 0) is 6.54 Å². The number of carboxylic acid groups (broad SMARTS) is 1. The van der Waals surface area contributed by atoms with E-state index >= 15 is 0 Å². The van der Waals surface area contributed by atoms with Gasteiger partial charge in [0.1, 0.15) is 0 Å². The molecule has 0 aliphatic carbocycles. The first-order valence-corrected chi connectivity index (χ1v) is 5.59. The molecule has 0 bridgehead atoms. The summed E-state index contributed by atoms with van der Waals surface area (Å²) < 4.78 is 1.69. The summed E-state index contributed by atoms with van der Waals surface area (Å²) >= 11 is 0. The minimum absolute atomic E-state index is 0.286. The maximum absolute atomic E-state index is 11.1. The molecule has 0 unspecified atom stereocenters. The Kier molecular flexibility index (Phi) is 3.57. The molecule has 0 amide bonds. The van der Waals surface area contributed by atoms with Gasteiger partial charge < -0.3 is 10.4 Å². The van der Waals surface area contributed by atoms with E-state index in [0.29, 0.717) is 18.8 Å². The van der Waals surface area contributed by atoms with E-state index in [1.165, 1.54) is 0 Å². The molecule has 0 saturated carbocycles. The van der Waals surface area contributed by atoms with Crippen LogP contribution in [0.4, 0.5) is 5.69 Å². The van der Waals surface area contributed by atoms with Crippen molar-refractivity contribution in [2.75, 3.05) is 11.9 Å². The van der Waals surface area contributed by atoms with Gasteiger partial charge in [-0.05, 0) is 18.6 Å². The van der Waals surface area contributed by atoms with Crippen LogP contribution in [0, 0.1) is 6.92 Å². The molecule has 6 heteroatoms. The van der Waals surface area contributed by atoms with E-state index in [1.54, 1.807) is 29.2 Å². The highest BCUT2D eigenvalue weighted by atomic mass is 16.4. The van der Waals surface area contributed by atoms with Crippen molar-refractivity contribution < 1.29 is 9.90 Å². The quantitative estimate of drug-likeness (QED) is 0.833. The lowest BCUT2D eigenvalue weighted by molar-refractivity contribution is 0.0698. The fraction of sp³-hybridized carbons (Fsp3) is 0.250. The number of aromatic carboxylic acids is 1. The van der Waals surface area contributed by atoms with E-state index in [2.05, 4.69) is 15.6 Å². The maximum atomic E-state index is 11.1. The normalized spacial score (nSPS) is 10.3. The fourth-order valence-electron chi connectivity index (χ4n) is 1.73. The predicted molar refractivity (Wildman–Crippen MR) is 66.7 cm³/mol. The molecule has 0 spiro atoms. The van der Waals surface area contributed by atoms with Gasteiger partial charge in [0.2, 0.25) is 0 Å². The van der Waals surface area contributed by atoms with E-state index in [1.807, 2.05) is 13.0 Å². The van der Waals surface area contributed by atoms with Crippen LogP contribution in [-0.4, -0.2) is 32.6 Å². The minimum atomic E-state index is -0.929. The van der Waals surface area contributed by atoms with Crippen LogP contribution in [0.3, 0.4) is 0 Å². The van der Waals surface area contributed by atoms with Gasteiger partial charge in [-0.3, -0.25) is 4.68 Å². The third kappa shape index (κ3) is 2.65. The van der Waals surface area contributed by atoms with Gasteiger partial charge in [-0.25, -0.2) is 4.79 Å². The number of hydrogen-bond acceptors (Lipinski definition) is 4. The number of anilines is 1. The number of aryl methyl sites for hydroxylation is 1. The first kappa shape index (κ1) is 12.1. The molecule has 0 fully saturated rings. The van der Waals surface area contributed by atoms with Crippen molar-refractivity contribution in [3.05, 3.63) is 41.7 Å². The lowest BCUT2D eigenvalue weighted by Gasteiger charge is -2.12. The highest BCUT2D eigenvalue weighted by Crippen LogP contribution is 2.20. The molecule has 2 N–H and O–H groups in total. The Morgan fingerprint density at radius 2 is 2.33 bits per heavy atom. The lowest BCUT2D eigenvalue weighted by atomic mass is 10.1. The third-order valence-electron chi connectivity index (χ3n) is 2.62. The molecule has 18 heavy (non-hydrogen) atoms. The topological polar surface area (TPSA) is 80.0 Å². The van der Waals surface area contributed by atoms with Gasteiger partial charge in [0.05, 0.1) is 24.0 Å². The second kappa shape index (κ2) is 5.31. The van der Waals surface area contributed by atoms with Gasteiger partial charge in [-0.2, -0.15) is 0 Å². The smallest absolute Gasteiger partial charge is 0.337 e. The second-order valence-corrected chi connectivity index (χ2v) is 3.90. The average Bonchev–Trinajstić information content (AvgIpc) is 2.84. The molecule has 2 rings (SSSR count). The SMILES string of the molecule is Cc1cccc(C(=O)O)c1NCCn1ccnn1. The van der Waals surface area contributed by atoms with E-state index < -0.39 is 5.97 Å². The van der Waals surface area contributed by atoms with Crippen LogP contribution in [0.2, 0.25) is 0 Å². The Balaban J connectivity index is 2.06. The fourth-order valence-corrected chi connectivity index (χ4v) is 1.73. The van der Waals surface area contributed by atoms with Crippen LogP contribution >= 0.6 is 0 Å². The van der Waals surface area contributed by atoms with Crippen LogP contribution in [0.15, 0.2) is 30.6 Å². The molecule has 0 radical (unpaired) electrons. The summed E-state index contributed by atoms with van der Waals surface area (Å²) in [5.41, 5.74) is 1.85. The molecule has 0 aliphatic rings. The van der Waals surface area contributed by atoms with Crippen molar-refractivity contribution >= 4 is 11.7 Å². The maximum Gasteiger partial charge on any atom is 0.337 e. The Labute approximate surface area is 104 Å². The van der Waals surface area contributed by atoms with Crippen molar-refractivity contribution in [3.63, 3.8) is 0 Å². The molecule has 0 saturated heterocycles. The van der Waals surface area contributed by atoms with Gasteiger partial charge in [-0.15, -0.1) is 5.10 Å². The van der Waals surface area contributed by atoms with Crippen LogP contribution < -0.4 is 5.32 Å². The van der Waals surface area contributed by atoms with Gasteiger partial charge in [0.15, 0.2) is 0 Å². The Morgan fingerprint density at radius 1 is 1.50 bits per heavy atom. The van der Waals surface area contributed by atoms with Crippen molar-refractivity contribution in [3.8, 4) is 0 Å². The monoisotopic (exact) mass is 246 g/mol. The lowest BCUT2D eigenvalue weighted by Crippen LogP contribution is -2.14. The summed E-state index contributed by atoms with van der Waals surface area (Å²) in [6.07, 6.45) is 3.37. The highest BCUT2D eigenvalue weighted by molar-refractivity contribution is 5.95. The molecule has 1 aromatic heterocycles. The standard InChI is InChI=1S/C12H14N4O2/c1-9-3-2-4-10(12(17)18)11(9)13-5-7-16-8-6-14-15-16/h2-4,6,8,13H,5,7H2,1H3,(H,17,18). The number of nitrogens with zero attached hydrogens (tertiary/aromatic N) is 3. The molecular formula is C12H14N4O2. The summed E-state index contributed by atoms with van der Waals surface area (Å²) in [4.78, 5) is 11.1. The molecule has 2 aromatic rings. The first-order chi connectivity index (χ1) is 8.68. The Bertz CT molecular complexity index is 537. The molecule has 0 atom stereocenters. The summed E-state index contributed by atoms with van der Waals surface area (Å²) in [5.74, 6) is -0.929. The van der Waals surface area contributed by atoms with Gasteiger partial charge in [0, 0.05) is 12.7 Å². The zero-order valence-electron chi connectivity index (χ0n) is 10.00. The third-order valence-corrected chi connectivity index (χ3v) is 2.62. The average molecular weight is 246 g/mol. The van der Waals surface area contributed by atoms with Crippen LogP contribution in [0.1, 0.15) is 15.9 Å². The first-order valence-electron chi connectivity index (χ1n) is 5.59. The summed E-state index contributed by atoms with van der Waals surface area (Å²) in [6.45, 7) is 3.10. The Hall–Kier alpha value is -2.37. The van der Waals surface area contributed by atoms with Crippen molar-refractivity contribution in [1.29, 1.82) is 0 Å². The van der Waals surface area contributed by atoms with Crippen molar-refractivity contribution in [2.45, 2.75) is 13.5 Å². The molecular weight excluding hydrogens is 232 g/mol. The number of nitrogens with one attached hydrogen (secondary N) is 1. The highest BCUT2D eigenvalue weighted by Gasteiger charge is 2.11. The molecule has 1 aromatic carbocycles. The van der Waals surface area contributed by atoms with E-state index in [0.717, 1.165) is 5.56 Å². The zero-order valence-corrected chi connectivity index (χ0v) is 10.00. The van der Waals surface area contributed by atoms with Crippen LogP contribution in [0.25, 0.3) is 0 Å². The number of carboxylic acids is 1. The minimum Gasteiger partial charge on any atom is -0.478 e. The van der Waals surface area contributed by atoms with Crippen molar-refractivity contribution in [2.24, 2.45) is 0 Å². The Morgan fingerprint density at radius 3 is 3.00 bits per heavy atom. The largest absolute Gasteiger partial charge is 0.478 e. The van der Waals surface area contributed by atoms with Crippen LogP contribution in [0.5, 0.6) is 0 Å². The summed E-state index contributed by atoms with van der Waals surface area (Å²) in [6, 6.07) is 5.21. The van der Waals surface area contributed by atoms with Crippen molar-refractivity contribution in [1.82, 2.24) is 15.0 Å². The van der Waals surface area contributed by atoms with Gasteiger partial charge in [-0.1, -0.05) is 17.3 Å². The summed E-state index contributed by atoms with van der Waals surface area (Å²) in [7, 11) is 0. The molecule has 0 aliphatic heterocycles. The predicted octanol–water partition coefficient (Wildman–Crippen LogP) is 1.40. The van der Waals surface area contributed by atoms with Gasteiger partial charge >= 0.3 is 5.97 Å².